The molecule has 0 bridgehead atoms. The second-order valence-electron chi connectivity index (χ2n) is 5.31. The van der Waals surface area contributed by atoms with Crippen LogP contribution in [0.1, 0.15) is 29.9 Å². The van der Waals surface area contributed by atoms with Crippen LogP contribution in [0.5, 0.6) is 5.75 Å². The van der Waals surface area contributed by atoms with Gasteiger partial charge in [-0.25, -0.2) is 4.39 Å². The topological polar surface area (TPSA) is 34.4 Å². The molecule has 112 valence electrons. The minimum absolute atomic E-state index is 0.270. The molecule has 1 fully saturated rings. The molecule has 3 rings (SSSR count). The number of hydrogen-bond donors (Lipinski definition) is 1. The van der Waals surface area contributed by atoms with Gasteiger partial charge in [0.05, 0.1) is 11.6 Å². The Morgan fingerprint density at radius 2 is 2.19 bits per heavy atom. The molecule has 21 heavy (non-hydrogen) atoms. The molecule has 1 aliphatic rings. The summed E-state index contributed by atoms with van der Waals surface area (Å²) in [6.45, 7) is 3.00. The van der Waals surface area contributed by atoms with Gasteiger partial charge in [0.2, 0.25) is 0 Å². The van der Waals surface area contributed by atoms with Crippen LogP contribution in [0.3, 0.4) is 0 Å². The molecule has 0 saturated heterocycles. The van der Waals surface area contributed by atoms with E-state index in [-0.39, 0.29) is 10.8 Å². The molecule has 1 N–H and O–H groups in total. The Hall–Kier alpha value is -1.52. The molecule has 1 aliphatic carbocycles. The molecule has 0 aliphatic heterocycles. The second-order valence-corrected chi connectivity index (χ2v) is 5.72. The van der Waals surface area contributed by atoms with Gasteiger partial charge in [0, 0.05) is 11.6 Å². The maximum absolute atomic E-state index is 13.0. The Morgan fingerprint density at radius 3 is 2.90 bits per heavy atom. The first kappa shape index (κ1) is 14.4. The van der Waals surface area contributed by atoms with Crippen LogP contribution in [-0.2, 0) is 13.2 Å². The van der Waals surface area contributed by atoms with Crippen molar-refractivity contribution in [3.63, 3.8) is 0 Å². The third-order valence-electron chi connectivity index (χ3n) is 3.49. The van der Waals surface area contributed by atoms with Gasteiger partial charge in [-0.1, -0.05) is 11.6 Å². The Balaban J connectivity index is 1.61. The lowest BCUT2D eigenvalue weighted by atomic mass is 10.2. The van der Waals surface area contributed by atoms with Crippen molar-refractivity contribution in [3.05, 3.63) is 52.2 Å². The van der Waals surface area contributed by atoms with Gasteiger partial charge in [0.1, 0.15) is 29.7 Å². The number of aryl methyl sites for hydroxylation is 1. The quantitative estimate of drug-likeness (QED) is 0.868. The maximum Gasteiger partial charge on any atom is 0.138 e. The van der Waals surface area contributed by atoms with Crippen LogP contribution in [0.2, 0.25) is 5.02 Å². The normalized spacial score (nSPS) is 14.4. The number of rotatable bonds is 6. The van der Waals surface area contributed by atoms with Gasteiger partial charge in [0.15, 0.2) is 0 Å². The van der Waals surface area contributed by atoms with E-state index in [1.165, 1.54) is 31.0 Å². The molecule has 3 nitrogen and oxygen atoms in total. The van der Waals surface area contributed by atoms with Crippen LogP contribution < -0.4 is 10.1 Å². The molecular formula is C16H17ClFNO2. The summed E-state index contributed by atoms with van der Waals surface area (Å²) in [5.74, 6) is 1.83. The predicted octanol–water partition coefficient (Wildman–Crippen LogP) is 4.21. The minimum atomic E-state index is -0.375. The molecule has 0 radical (unpaired) electrons. The highest BCUT2D eigenvalue weighted by Crippen LogP contribution is 2.27. The summed E-state index contributed by atoms with van der Waals surface area (Å²) in [5.41, 5.74) is 0.975. The number of hydrogen-bond acceptors (Lipinski definition) is 3. The molecule has 0 amide bonds. The third kappa shape index (κ3) is 3.77. The van der Waals surface area contributed by atoms with Crippen molar-refractivity contribution in [2.75, 3.05) is 0 Å². The zero-order valence-corrected chi connectivity index (χ0v) is 12.5. The van der Waals surface area contributed by atoms with E-state index in [2.05, 4.69) is 5.32 Å². The summed E-state index contributed by atoms with van der Waals surface area (Å²) in [5, 5.41) is 3.68. The summed E-state index contributed by atoms with van der Waals surface area (Å²) in [6, 6.07) is 6.73. The van der Waals surface area contributed by atoms with Gasteiger partial charge >= 0.3 is 0 Å². The van der Waals surface area contributed by atoms with Crippen molar-refractivity contribution in [2.24, 2.45) is 0 Å². The van der Waals surface area contributed by atoms with E-state index in [1.807, 2.05) is 13.0 Å². The largest absolute Gasteiger partial charge is 0.487 e. The zero-order chi connectivity index (χ0) is 14.8. The SMILES string of the molecule is Cc1oc(CNC2CC2)cc1COc1ccc(F)cc1Cl. The van der Waals surface area contributed by atoms with E-state index < -0.39 is 0 Å². The van der Waals surface area contributed by atoms with Crippen LogP contribution in [0.15, 0.2) is 28.7 Å². The lowest BCUT2D eigenvalue weighted by Crippen LogP contribution is -2.14. The average molecular weight is 310 g/mol. The van der Waals surface area contributed by atoms with Gasteiger partial charge in [-0.05, 0) is 44.0 Å². The van der Waals surface area contributed by atoms with E-state index >= 15 is 0 Å². The van der Waals surface area contributed by atoms with Crippen LogP contribution in [-0.4, -0.2) is 6.04 Å². The van der Waals surface area contributed by atoms with Crippen LogP contribution in [0, 0.1) is 12.7 Å². The lowest BCUT2D eigenvalue weighted by molar-refractivity contribution is 0.302. The third-order valence-corrected chi connectivity index (χ3v) is 3.79. The van der Waals surface area contributed by atoms with E-state index in [0.717, 1.165) is 23.6 Å². The van der Waals surface area contributed by atoms with Gasteiger partial charge in [0.25, 0.3) is 0 Å². The number of ether oxygens (including phenoxy) is 1. The Kier molecular flexibility index (Phi) is 4.17. The number of benzene rings is 1. The van der Waals surface area contributed by atoms with E-state index in [9.17, 15) is 4.39 Å². The van der Waals surface area contributed by atoms with Crippen molar-refractivity contribution < 1.29 is 13.5 Å². The van der Waals surface area contributed by atoms with Gasteiger partial charge in [-0.3, -0.25) is 0 Å². The van der Waals surface area contributed by atoms with Crippen LogP contribution in [0.4, 0.5) is 4.39 Å². The van der Waals surface area contributed by atoms with E-state index in [0.29, 0.717) is 18.4 Å². The fourth-order valence-electron chi connectivity index (χ4n) is 2.10. The molecule has 1 aromatic heterocycles. The smallest absolute Gasteiger partial charge is 0.138 e. The molecule has 1 aromatic carbocycles. The Morgan fingerprint density at radius 1 is 1.38 bits per heavy atom. The van der Waals surface area contributed by atoms with Crippen molar-refractivity contribution in [1.82, 2.24) is 5.32 Å². The molecule has 2 aromatic rings. The van der Waals surface area contributed by atoms with Crippen molar-refractivity contribution in [1.29, 1.82) is 0 Å². The van der Waals surface area contributed by atoms with Gasteiger partial charge in [-0.15, -0.1) is 0 Å². The van der Waals surface area contributed by atoms with Gasteiger partial charge in [-0.2, -0.15) is 0 Å². The van der Waals surface area contributed by atoms with E-state index in [1.54, 1.807) is 0 Å². The molecule has 5 heteroatoms. The maximum atomic E-state index is 13.0. The van der Waals surface area contributed by atoms with Crippen molar-refractivity contribution in [3.8, 4) is 5.75 Å². The molecular weight excluding hydrogens is 293 g/mol. The standard InChI is InChI=1S/C16H17ClFNO2/c1-10-11(6-14(21-10)8-19-13-3-4-13)9-20-16-5-2-12(18)7-15(16)17/h2,5-7,13,19H,3-4,8-9H2,1H3. The van der Waals surface area contributed by atoms with Gasteiger partial charge < -0.3 is 14.5 Å². The highest BCUT2D eigenvalue weighted by Gasteiger charge is 2.21. The second kappa shape index (κ2) is 6.08. The fraction of sp³-hybridized carbons (Fsp3) is 0.375. The van der Waals surface area contributed by atoms with Crippen molar-refractivity contribution in [2.45, 2.75) is 39.0 Å². The van der Waals surface area contributed by atoms with Crippen LogP contribution >= 0.6 is 11.6 Å². The zero-order valence-electron chi connectivity index (χ0n) is 11.8. The first-order chi connectivity index (χ1) is 10.1. The highest BCUT2D eigenvalue weighted by molar-refractivity contribution is 6.32. The summed E-state index contributed by atoms with van der Waals surface area (Å²) in [6.07, 6.45) is 2.50. The first-order valence-corrected chi connectivity index (χ1v) is 7.39. The highest BCUT2D eigenvalue weighted by atomic mass is 35.5. The number of nitrogens with one attached hydrogen (secondary N) is 1. The predicted molar refractivity (Wildman–Crippen MR) is 79.0 cm³/mol. The molecule has 0 atom stereocenters. The molecule has 0 unspecified atom stereocenters. The summed E-state index contributed by atoms with van der Waals surface area (Å²) < 4.78 is 24.3. The lowest BCUT2D eigenvalue weighted by Gasteiger charge is -2.07. The van der Waals surface area contributed by atoms with Crippen LogP contribution in [0.25, 0.3) is 0 Å². The first-order valence-electron chi connectivity index (χ1n) is 7.01. The minimum Gasteiger partial charge on any atom is -0.487 e. The molecule has 0 spiro atoms. The average Bonchev–Trinajstić information content (AvgIpc) is 3.20. The summed E-state index contributed by atoms with van der Waals surface area (Å²) >= 11 is 5.93. The Labute approximate surface area is 128 Å². The number of halogens is 2. The fourth-order valence-corrected chi connectivity index (χ4v) is 2.32. The number of furan rings is 1. The monoisotopic (exact) mass is 309 g/mol. The van der Waals surface area contributed by atoms with Crippen molar-refractivity contribution >= 4 is 11.6 Å². The summed E-state index contributed by atoms with van der Waals surface area (Å²) in [4.78, 5) is 0. The summed E-state index contributed by atoms with van der Waals surface area (Å²) in [7, 11) is 0. The Bertz CT molecular complexity index is 637. The van der Waals surface area contributed by atoms with E-state index in [4.69, 9.17) is 20.8 Å². The molecule has 1 heterocycles. The molecule has 1 saturated carbocycles.